The van der Waals surface area contributed by atoms with Crippen molar-refractivity contribution >= 4 is 40.1 Å². The number of thiophene rings is 1. The lowest BCUT2D eigenvalue weighted by Crippen LogP contribution is -2.46. The molecule has 8 nitrogen and oxygen atoms in total. The predicted octanol–water partition coefficient (Wildman–Crippen LogP) is 6.32. The Balaban J connectivity index is 1.09. The molecule has 3 aromatic heterocycles. The Hall–Kier alpha value is -3.95. The third kappa shape index (κ3) is 5.25. The third-order valence-electron chi connectivity index (χ3n) is 9.53. The van der Waals surface area contributed by atoms with Crippen LogP contribution in [-0.2, 0) is 7.05 Å². The van der Waals surface area contributed by atoms with Gasteiger partial charge in [0.15, 0.2) is 0 Å². The summed E-state index contributed by atoms with van der Waals surface area (Å²) in [5.74, 6) is 1.87. The molecule has 1 saturated carbocycles. The molecule has 2 aliphatic carbocycles. The summed E-state index contributed by atoms with van der Waals surface area (Å²) in [6, 6.07) is 13.9. The van der Waals surface area contributed by atoms with Crippen molar-refractivity contribution < 1.29 is 4.79 Å². The van der Waals surface area contributed by atoms with E-state index in [0.717, 1.165) is 65.7 Å². The maximum absolute atomic E-state index is 13.3. The lowest BCUT2D eigenvalue weighted by atomic mass is 9.98. The normalized spacial score (nSPS) is 19.5. The number of aromatic nitrogens is 2. The van der Waals surface area contributed by atoms with E-state index in [1.807, 2.05) is 49.6 Å². The number of benzene rings is 1. The largest absolute Gasteiger partial charge is 0.368 e. The molecular formula is C34H38N6O2S. The molecule has 3 aliphatic rings. The number of hydrogen-bond acceptors (Lipinski definition) is 7. The van der Waals surface area contributed by atoms with Crippen molar-refractivity contribution in [3.8, 4) is 11.1 Å². The standard InChI is InChI=1S/C34H38N6O2S/c1-4-39-12-14-40(15-13-39)25-10-11-31(35-19-25)36-29-17-24(20-38(3)34(29)42)26-6-5-7-28(21(26)2)37-33(41)30-18-27-22-8-9-23(16-22)32(27)43-30/h5-7,10-11,17-20,22-23H,4,8-9,12-16H2,1-3H3,(H,35,36)(H,37,41). The van der Waals surface area contributed by atoms with Gasteiger partial charge in [-0.15, -0.1) is 11.3 Å². The first-order chi connectivity index (χ1) is 20.9. The Morgan fingerprint density at radius 2 is 1.86 bits per heavy atom. The molecule has 2 N–H and O–H groups in total. The summed E-state index contributed by atoms with van der Waals surface area (Å²) in [5.41, 5.74) is 6.39. The monoisotopic (exact) mass is 594 g/mol. The zero-order valence-corrected chi connectivity index (χ0v) is 25.8. The van der Waals surface area contributed by atoms with Crippen molar-refractivity contribution in [2.75, 3.05) is 48.3 Å². The quantitative estimate of drug-likeness (QED) is 0.261. The Bertz CT molecular complexity index is 1710. The highest BCUT2D eigenvalue weighted by molar-refractivity contribution is 7.14. The number of piperazine rings is 1. The number of likely N-dealkylation sites (N-methyl/N-ethyl adjacent to an activating group) is 1. The lowest BCUT2D eigenvalue weighted by Gasteiger charge is -2.35. The second kappa shape index (κ2) is 11.3. The summed E-state index contributed by atoms with van der Waals surface area (Å²) < 4.78 is 1.59. The smallest absolute Gasteiger partial charge is 0.274 e. The van der Waals surface area contributed by atoms with Crippen LogP contribution in [0.4, 0.5) is 22.9 Å². The van der Waals surface area contributed by atoms with Crippen LogP contribution >= 0.6 is 11.3 Å². The zero-order valence-electron chi connectivity index (χ0n) is 25.0. The van der Waals surface area contributed by atoms with Gasteiger partial charge in [0, 0.05) is 55.6 Å². The van der Waals surface area contributed by atoms with Gasteiger partial charge in [0.05, 0.1) is 16.8 Å². The van der Waals surface area contributed by atoms with Crippen LogP contribution in [0.15, 0.2) is 59.7 Å². The van der Waals surface area contributed by atoms with Gasteiger partial charge in [-0.25, -0.2) is 4.98 Å². The second-order valence-corrected chi connectivity index (χ2v) is 13.2. The average Bonchev–Trinajstić information content (AvgIpc) is 3.76. The first-order valence-electron chi connectivity index (χ1n) is 15.3. The Kier molecular flexibility index (Phi) is 7.31. The molecule has 7 rings (SSSR count). The van der Waals surface area contributed by atoms with E-state index in [0.29, 0.717) is 23.3 Å². The number of carbonyl (C=O) groups excluding carboxylic acids is 1. The van der Waals surface area contributed by atoms with E-state index in [2.05, 4.69) is 44.5 Å². The van der Waals surface area contributed by atoms with E-state index in [1.54, 1.807) is 23.0 Å². The lowest BCUT2D eigenvalue weighted by molar-refractivity contribution is 0.103. The number of aryl methyl sites for hydroxylation is 1. The Labute approximate surface area is 256 Å². The molecule has 9 heteroatoms. The van der Waals surface area contributed by atoms with Gasteiger partial charge in [0.25, 0.3) is 11.5 Å². The summed E-state index contributed by atoms with van der Waals surface area (Å²) in [5, 5.41) is 6.41. The minimum Gasteiger partial charge on any atom is -0.368 e. The van der Waals surface area contributed by atoms with Gasteiger partial charge in [-0.1, -0.05) is 19.1 Å². The van der Waals surface area contributed by atoms with Gasteiger partial charge >= 0.3 is 0 Å². The Morgan fingerprint density at radius 1 is 1.05 bits per heavy atom. The average molecular weight is 595 g/mol. The fourth-order valence-corrected chi connectivity index (χ4v) is 8.29. The second-order valence-electron chi connectivity index (χ2n) is 12.1. The van der Waals surface area contributed by atoms with E-state index in [9.17, 15) is 9.59 Å². The predicted molar refractivity (Wildman–Crippen MR) is 175 cm³/mol. The van der Waals surface area contributed by atoms with E-state index >= 15 is 0 Å². The van der Waals surface area contributed by atoms with E-state index in [4.69, 9.17) is 0 Å². The van der Waals surface area contributed by atoms with E-state index in [1.165, 1.54) is 29.7 Å². The fraction of sp³-hybridized carbons (Fsp3) is 0.382. The van der Waals surface area contributed by atoms with Gasteiger partial charge < -0.3 is 25.0 Å². The minimum atomic E-state index is -0.132. The van der Waals surface area contributed by atoms with E-state index in [-0.39, 0.29) is 11.5 Å². The van der Waals surface area contributed by atoms with Gasteiger partial charge in [-0.05, 0) is 91.6 Å². The first-order valence-corrected chi connectivity index (χ1v) is 16.2. The summed E-state index contributed by atoms with van der Waals surface area (Å²) in [4.78, 5) is 38.0. The molecule has 2 bridgehead atoms. The molecule has 1 aliphatic heterocycles. The highest BCUT2D eigenvalue weighted by Crippen LogP contribution is 2.56. The first kappa shape index (κ1) is 27.9. The van der Waals surface area contributed by atoms with Gasteiger partial charge in [-0.2, -0.15) is 0 Å². The number of carbonyl (C=O) groups is 1. The van der Waals surface area contributed by atoms with Crippen LogP contribution in [0.3, 0.4) is 0 Å². The fourth-order valence-electron chi connectivity index (χ4n) is 6.99. The number of rotatable bonds is 7. The minimum absolute atomic E-state index is 0.0522. The molecule has 2 fully saturated rings. The number of pyridine rings is 2. The van der Waals surface area contributed by atoms with Crippen molar-refractivity contribution in [3.63, 3.8) is 0 Å². The molecule has 1 aromatic carbocycles. The van der Waals surface area contributed by atoms with Crippen molar-refractivity contribution in [2.24, 2.45) is 7.05 Å². The molecule has 1 amide bonds. The maximum Gasteiger partial charge on any atom is 0.274 e. The molecule has 43 heavy (non-hydrogen) atoms. The third-order valence-corrected chi connectivity index (χ3v) is 10.8. The van der Waals surface area contributed by atoms with Gasteiger partial charge in [0.1, 0.15) is 11.5 Å². The van der Waals surface area contributed by atoms with Crippen molar-refractivity contribution in [1.82, 2.24) is 14.5 Å². The SMILES string of the molecule is CCN1CCN(c2ccc(Nc3cc(-c4cccc(NC(=O)c5cc6c(s5)C5CCC6C5)c4C)cn(C)c3=O)nc2)CC1. The van der Waals surface area contributed by atoms with Crippen LogP contribution in [0.1, 0.15) is 63.7 Å². The molecule has 0 radical (unpaired) electrons. The number of anilines is 4. The molecule has 222 valence electrons. The maximum atomic E-state index is 13.3. The zero-order chi connectivity index (χ0) is 29.7. The van der Waals surface area contributed by atoms with Crippen LogP contribution < -0.4 is 21.1 Å². The molecule has 4 heterocycles. The van der Waals surface area contributed by atoms with Crippen LogP contribution in [-0.4, -0.2) is 53.1 Å². The summed E-state index contributed by atoms with van der Waals surface area (Å²) in [6.07, 6.45) is 7.49. The number of amides is 1. The van der Waals surface area contributed by atoms with Crippen LogP contribution in [0.5, 0.6) is 0 Å². The summed E-state index contributed by atoms with van der Waals surface area (Å²) in [7, 11) is 1.76. The number of nitrogens with zero attached hydrogens (tertiary/aromatic N) is 4. The Morgan fingerprint density at radius 3 is 2.60 bits per heavy atom. The van der Waals surface area contributed by atoms with Gasteiger partial charge in [-0.3, -0.25) is 9.59 Å². The van der Waals surface area contributed by atoms with Crippen molar-refractivity contribution in [2.45, 2.75) is 44.9 Å². The number of hydrogen-bond donors (Lipinski definition) is 2. The van der Waals surface area contributed by atoms with E-state index < -0.39 is 0 Å². The highest BCUT2D eigenvalue weighted by atomic mass is 32.1. The molecule has 2 unspecified atom stereocenters. The van der Waals surface area contributed by atoms with Crippen LogP contribution in [0, 0.1) is 6.92 Å². The number of fused-ring (bicyclic) bond motifs is 5. The molecule has 2 atom stereocenters. The van der Waals surface area contributed by atoms with Crippen molar-refractivity contribution in [3.05, 3.63) is 86.1 Å². The molecular weight excluding hydrogens is 556 g/mol. The van der Waals surface area contributed by atoms with Gasteiger partial charge in [0.2, 0.25) is 0 Å². The topological polar surface area (TPSA) is 82.5 Å². The van der Waals surface area contributed by atoms with Crippen molar-refractivity contribution in [1.29, 1.82) is 0 Å². The number of nitrogens with one attached hydrogen (secondary N) is 2. The van der Waals surface area contributed by atoms with Crippen LogP contribution in [0.25, 0.3) is 11.1 Å². The summed E-state index contributed by atoms with van der Waals surface area (Å²) in [6.45, 7) is 9.38. The highest BCUT2D eigenvalue weighted by Gasteiger charge is 2.39. The summed E-state index contributed by atoms with van der Waals surface area (Å²) >= 11 is 1.67. The molecule has 4 aromatic rings. The van der Waals surface area contributed by atoms with Crippen LogP contribution in [0.2, 0.25) is 0 Å². The molecule has 1 saturated heterocycles. The molecule has 0 spiro atoms.